The number of halogens is 1. The number of nitrogens with two attached hydrogens (primary N) is 1. The zero-order chi connectivity index (χ0) is 13.2. The summed E-state index contributed by atoms with van der Waals surface area (Å²) in [6.07, 6.45) is -0.740. The van der Waals surface area contributed by atoms with Crippen LogP contribution in [0.1, 0.15) is 32.4 Å². The predicted octanol–water partition coefficient (Wildman–Crippen LogP) is 2.24. The molecule has 2 atom stereocenters. The minimum absolute atomic E-state index is 0.172. The Morgan fingerprint density at radius 2 is 1.94 bits per heavy atom. The van der Waals surface area contributed by atoms with Gasteiger partial charge < -0.3 is 15.6 Å². The molecule has 0 unspecified atom stereocenters. The maximum atomic E-state index is 13.5. The van der Waals surface area contributed by atoms with Gasteiger partial charge in [-0.15, -0.1) is 0 Å². The van der Waals surface area contributed by atoms with Gasteiger partial charge in [-0.1, -0.05) is 26.8 Å². The molecule has 3 nitrogen and oxygen atoms in total. The van der Waals surface area contributed by atoms with Crippen molar-refractivity contribution in [1.82, 2.24) is 0 Å². The van der Waals surface area contributed by atoms with Gasteiger partial charge >= 0.3 is 0 Å². The van der Waals surface area contributed by atoms with Crippen LogP contribution in [-0.4, -0.2) is 18.3 Å². The minimum Gasteiger partial charge on any atom is -0.494 e. The molecule has 0 aromatic heterocycles. The van der Waals surface area contributed by atoms with E-state index >= 15 is 0 Å². The van der Waals surface area contributed by atoms with Crippen LogP contribution in [0.15, 0.2) is 18.2 Å². The molecule has 1 aromatic rings. The second-order valence-electron chi connectivity index (χ2n) is 5.23. The highest BCUT2D eigenvalue weighted by atomic mass is 19.1. The van der Waals surface area contributed by atoms with E-state index in [1.54, 1.807) is 6.07 Å². The monoisotopic (exact) mass is 241 g/mol. The third-order valence-corrected chi connectivity index (χ3v) is 2.79. The number of hydrogen-bond acceptors (Lipinski definition) is 3. The van der Waals surface area contributed by atoms with Gasteiger partial charge in [-0.25, -0.2) is 4.39 Å². The lowest BCUT2D eigenvalue weighted by Gasteiger charge is -2.31. The molecule has 17 heavy (non-hydrogen) atoms. The van der Waals surface area contributed by atoms with Crippen molar-refractivity contribution in [3.8, 4) is 5.75 Å². The molecule has 0 aliphatic carbocycles. The van der Waals surface area contributed by atoms with Crippen molar-refractivity contribution in [3.05, 3.63) is 29.6 Å². The van der Waals surface area contributed by atoms with Gasteiger partial charge in [-0.05, 0) is 23.1 Å². The fraction of sp³-hybridized carbons (Fsp3) is 0.538. The molecule has 1 aromatic carbocycles. The third kappa shape index (κ3) is 3.17. The molecule has 0 amide bonds. The Morgan fingerprint density at radius 1 is 1.35 bits per heavy atom. The number of hydrogen-bond donors (Lipinski definition) is 2. The van der Waals surface area contributed by atoms with Gasteiger partial charge in [-0.2, -0.15) is 0 Å². The van der Waals surface area contributed by atoms with Crippen molar-refractivity contribution in [2.45, 2.75) is 32.9 Å². The Balaban J connectivity index is 2.97. The van der Waals surface area contributed by atoms with Crippen LogP contribution >= 0.6 is 0 Å². The highest BCUT2D eigenvalue weighted by molar-refractivity contribution is 5.31. The first-order chi connectivity index (χ1) is 7.77. The predicted molar refractivity (Wildman–Crippen MR) is 65.3 cm³/mol. The summed E-state index contributed by atoms with van der Waals surface area (Å²) in [4.78, 5) is 0. The average molecular weight is 241 g/mol. The maximum Gasteiger partial charge on any atom is 0.165 e. The summed E-state index contributed by atoms with van der Waals surface area (Å²) >= 11 is 0. The highest BCUT2D eigenvalue weighted by Crippen LogP contribution is 2.30. The molecule has 0 heterocycles. The van der Waals surface area contributed by atoms with E-state index < -0.39 is 18.0 Å². The van der Waals surface area contributed by atoms with Crippen LogP contribution in [-0.2, 0) is 0 Å². The first-order valence-corrected chi connectivity index (χ1v) is 5.54. The summed E-state index contributed by atoms with van der Waals surface area (Å²) in [7, 11) is 1.40. The molecule has 0 bridgehead atoms. The summed E-state index contributed by atoms with van der Waals surface area (Å²) in [5.74, 6) is -0.298. The zero-order valence-electron chi connectivity index (χ0n) is 10.7. The van der Waals surface area contributed by atoms with Crippen LogP contribution in [0.3, 0.4) is 0 Å². The van der Waals surface area contributed by atoms with Crippen LogP contribution in [0, 0.1) is 11.2 Å². The SMILES string of the molecule is COc1ccc([C@@H](N)[C@@H](O)C(C)(C)C)cc1F. The Bertz CT molecular complexity index is 387. The molecule has 0 aliphatic rings. The van der Waals surface area contributed by atoms with Crippen molar-refractivity contribution in [2.24, 2.45) is 11.1 Å². The molecule has 0 saturated carbocycles. The van der Waals surface area contributed by atoms with Crippen LogP contribution in [0.5, 0.6) is 5.75 Å². The van der Waals surface area contributed by atoms with Gasteiger partial charge in [-0.3, -0.25) is 0 Å². The Morgan fingerprint density at radius 3 is 2.35 bits per heavy atom. The van der Waals surface area contributed by atoms with Gasteiger partial charge in [0, 0.05) is 0 Å². The molecule has 4 heteroatoms. The van der Waals surface area contributed by atoms with E-state index in [0.29, 0.717) is 5.56 Å². The lowest BCUT2D eigenvalue weighted by atomic mass is 9.82. The van der Waals surface area contributed by atoms with E-state index in [2.05, 4.69) is 0 Å². The second-order valence-corrected chi connectivity index (χ2v) is 5.23. The van der Waals surface area contributed by atoms with Crippen molar-refractivity contribution in [1.29, 1.82) is 0 Å². The quantitative estimate of drug-likeness (QED) is 0.853. The normalized spacial score (nSPS) is 15.5. The number of benzene rings is 1. The van der Waals surface area contributed by atoms with E-state index in [9.17, 15) is 9.50 Å². The Labute approximate surface area is 101 Å². The molecule has 0 fully saturated rings. The van der Waals surface area contributed by atoms with Crippen LogP contribution in [0.2, 0.25) is 0 Å². The van der Waals surface area contributed by atoms with Gasteiger partial charge in [0.15, 0.2) is 11.6 Å². The third-order valence-electron chi connectivity index (χ3n) is 2.79. The first kappa shape index (κ1) is 13.9. The van der Waals surface area contributed by atoms with Gasteiger partial charge in [0.1, 0.15) is 0 Å². The average Bonchev–Trinajstić information content (AvgIpc) is 2.25. The number of aliphatic hydroxyl groups is 1. The topological polar surface area (TPSA) is 55.5 Å². The molecule has 0 saturated heterocycles. The van der Waals surface area contributed by atoms with Crippen molar-refractivity contribution in [3.63, 3.8) is 0 Å². The standard InChI is InChI=1S/C13H20FNO2/c1-13(2,3)12(16)11(15)8-5-6-10(17-4)9(14)7-8/h5-7,11-12,16H,15H2,1-4H3/t11-,12-/m1/s1. The number of aliphatic hydroxyl groups excluding tert-OH is 1. The van der Waals surface area contributed by atoms with E-state index in [-0.39, 0.29) is 11.2 Å². The van der Waals surface area contributed by atoms with E-state index in [4.69, 9.17) is 10.5 Å². The molecular formula is C13H20FNO2. The fourth-order valence-corrected chi connectivity index (χ4v) is 1.61. The summed E-state index contributed by atoms with van der Waals surface area (Å²) < 4.78 is 18.3. The van der Waals surface area contributed by atoms with Crippen molar-refractivity contribution >= 4 is 0 Å². The van der Waals surface area contributed by atoms with Crippen LogP contribution in [0.4, 0.5) is 4.39 Å². The van der Waals surface area contributed by atoms with Crippen molar-refractivity contribution < 1.29 is 14.2 Å². The largest absolute Gasteiger partial charge is 0.494 e. The number of ether oxygens (including phenoxy) is 1. The molecule has 96 valence electrons. The zero-order valence-corrected chi connectivity index (χ0v) is 10.7. The molecule has 1 rings (SSSR count). The lowest BCUT2D eigenvalue weighted by molar-refractivity contribution is 0.0400. The van der Waals surface area contributed by atoms with Gasteiger partial charge in [0.05, 0.1) is 19.3 Å². The summed E-state index contributed by atoms with van der Waals surface area (Å²) in [5, 5.41) is 10.0. The van der Waals surface area contributed by atoms with Crippen molar-refractivity contribution in [2.75, 3.05) is 7.11 Å². The van der Waals surface area contributed by atoms with Gasteiger partial charge in [0.2, 0.25) is 0 Å². The summed E-state index contributed by atoms with van der Waals surface area (Å²) in [5.41, 5.74) is 6.14. The molecule has 3 N–H and O–H groups in total. The number of rotatable bonds is 3. The number of methoxy groups -OCH3 is 1. The highest BCUT2D eigenvalue weighted by Gasteiger charge is 2.29. The van der Waals surface area contributed by atoms with E-state index in [0.717, 1.165) is 0 Å². The molecule has 0 spiro atoms. The van der Waals surface area contributed by atoms with Crippen LogP contribution in [0.25, 0.3) is 0 Å². The Hall–Kier alpha value is -1.13. The van der Waals surface area contributed by atoms with Gasteiger partial charge in [0.25, 0.3) is 0 Å². The maximum absolute atomic E-state index is 13.5. The molecule has 0 radical (unpaired) electrons. The van der Waals surface area contributed by atoms with E-state index in [1.165, 1.54) is 19.2 Å². The molecular weight excluding hydrogens is 221 g/mol. The first-order valence-electron chi connectivity index (χ1n) is 5.54. The Kier molecular flexibility index (Phi) is 4.11. The lowest BCUT2D eigenvalue weighted by Crippen LogP contribution is -2.37. The fourth-order valence-electron chi connectivity index (χ4n) is 1.61. The minimum atomic E-state index is -0.740. The van der Waals surface area contributed by atoms with E-state index in [1.807, 2.05) is 20.8 Å². The summed E-state index contributed by atoms with van der Waals surface area (Å²) in [6, 6.07) is 3.87. The smallest absolute Gasteiger partial charge is 0.165 e. The summed E-state index contributed by atoms with van der Waals surface area (Å²) in [6.45, 7) is 5.66. The van der Waals surface area contributed by atoms with Crippen LogP contribution < -0.4 is 10.5 Å². The second kappa shape index (κ2) is 5.02. The molecule has 0 aliphatic heterocycles.